The SMILES string of the molecule is COc1cc(/C=C2\SC(=O)N(CC(=O)Nc3cccc(C)c3C)C2=O)ccc1OCc1ccccc1C#N. The van der Waals surface area contributed by atoms with Crippen LogP contribution in [0.25, 0.3) is 6.08 Å². The maximum atomic E-state index is 12.9. The smallest absolute Gasteiger partial charge is 0.294 e. The van der Waals surface area contributed by atoms with Gasteiger partial charge in [0.1, 0.15) is 13.2 Å². The third-order valence-electron chi connectivity index (χ3n) is 6.06. The number of hydrogen-bond acceptors (Lipinski definition) is 7. The molecule has 4 rings (SSSR count). The van der Waals surface area contributed by atoms with Gasteiger partial charge in [0.25, 0.3) is 11.1 Å². The van der Waals surface area contributed by atoms with Gasteiger partial charge in [-0.25, -0.2) is 0 Å². The Bertz CT molecular complexity index is 1490. The van der Waals surface area contributed by atoms with E-state index in [0.29, 0.717) is 28.3 Å². The largest absolute Gasteiger partial charge is 0.493 e. The summed E-state index contributed by atoms with van der Waals surface area (Å²) in [5.41, 5.74) is 4.49. The summed E-state index contributed by atoms with van der Waals surface area (Å²) in [6.45, 7) is 3.63. The summed E-state index contributed by atoms with van der Waals surface area (Å²) in [7, 11) is 1.50. The summed E-state index contributed by atoms with van der Waals surface area (Å²) in [4.78, 5) is 39.2. The third kappa shape index (κ3) is 5.88. The molecule has 3 amide bonds. The van der Waals surface area contributed by atoms with Gasteiger partial charge in [-0.1, -0.05) is 36.4 Å². The van der Waals surface area contributed by atoms with E-state index in [1.165, 1.54) is 7.11 Å². The fraction of sp³-hybridized carbons (Fsp3) is 0.172. The van der Waals surface area contributed by atoms with Crippen LogP contribution in [0.15, 0.2) is 65.6 Å². The lowest BCUT2D eigenvalue weighted by Crippen LogP contribution is -2.36. The fourth-order valence-electron chi connectivity index (χ4n) is 3.81. The van der Waals surface area contributed by atoms with E-state index in [0.717, 1.165) is 33.4 Å². The summed E-state index contributed by atoms with van der Waals surface area (Å²) in [6.07, 6.45) is 1.57. The van der Waals surface area contributed by atoms with Crippen LogP contribution in [0.5, 0.6) is 11.5 Å². The van der Waals surface area contributed by atoms with Crippen LogP contribution >= 0.6 is 11.8 Å². The monoisotopic (exact) mass is 527 g/mol. The van der Waals surface area contributed by atoms with Crippen molar-refractivity contribution in [2.45, 2.75) is 20.5 Å². The first-order valence-corrected chi connectivity index (χ1v) is 12.5. The molecule has 0 aliphatic carbocycles. The van der Waals surface area contributed by atoms with Crippen molar-refractivity contribution in [1.29, 1.82) is 5.26 Å². The van der Waals surface area contributed by atoms with Crippen molar-refractivity contribution in [3.05, 3.63) is 93.4 Å². The van der Waals surface area contributed by atoms with Crippen LogP contribution < -0.4 is 14.8 Å². The number of ether oxygens (including phenoxy) is 2. The highest BCUT2D eigenvalue weighted by Crippen LogP contribution is 2.35. The number of nitrogens with zero attached hydrogens (tertiary/aromatic N) is 2. The number of carbonyl (C=O) groups is 3. The molecule has 1 fully saturated rings. The number of carbonyl (C=O) groups excluding carboxylic acids is 3. The zero-order valence-corrected chi connectivity index (χ0v) is 21.9. The van der Waals surface area contributed by atoms with Crippen molar-refractivity contribution in [3.8, 4) is 17.6 Å². The van der Waals surface area contributed by atoms with Crippen molar-refractivity contribution in [2.24, 2.45) is 0 Å². The van der Waals surface area contributed by atoms with Gasteiger partial charge in [-0.15, -0.1) is 0 Å². The number of nitrogens with one attached hydrogen (secondary N) is 1. The van der Waals surface area contributed by atoms with Gasteiger partial charge in [0.2, 0.25) is 5.91 Å². The molecule has 8 nitrogen and oxygen atoms in total. The lowest BCUT2D eigenvalue weighted by molar-refractivity contribution is -0.127. The molecule has 0 aromatic heterocycles. The number of aryl methyl sites for hydroxylation is 1. The normalized spacial score (nSPS) is 13.9. The molecule has 1 heterocycles. The predicted octanol–water partition coefficient (Wildman–Crippen LogP) is 5.44. The molecule has 3 aromatic rings. The van der Waals surface area contributed by atoms with E-state index in [1.54, 1.807) is 42.5 Å². The van der Waals surface area contributed by atoms with Gasteiger partial charge >= 0.3 is 0 Å². The molecule has 3 aromatic carbocycles. The number of rotatable bonds is 8. The van der Waals surface area contributed by atoms with Crippen LogP contribution in [0.3, 0.4) is 0 Å². The topological polar surface area (TPSA) is 109 Å². The highest BCUT2D eigenvalue weighted by molar-refractivity contribution is 8.18. The van der Waals surface area contributed by atoms with Gasteiger partial charge in [-0.05, 0) is 72.6 Å². The minimum absolute atomic E-state index is 0.183. The number of hydrogen-bond donors (Lipinski definition) is 1. The molecule has 1 aliphatic heterocycles. The van der Waals surface area contributed by atoms with Crippen LogP contribution in [0.1, 0.15) is 27.8 Å². The molecule has 0 atom stereocenters. The number of benzene rings is 3. The Balaban J connectivity index is 1.45. The number of methoxy groups -OCH3 is 1. The molecule has 0 spiro atoms. The molecular weight excluding hydrogens is 502 g/mol. The van der Waals surface area contributed by atoms with Gasteiger partial charge in [-0.2, -0.15) is 5.26 Å². The highest BCUT2D eigenvalue weighted by Gasteiger charge is 2.36. The Morgan fingerprint density at radius 1 is 1.08 bits per heavy atom. The average Bonchev–Trinajstić information content (AvgIpc) is 3.17. The Morgan fingerprint density at radius 3 is 2.63 bits per heavy atom. The minimum atomic E-state index is -0.538. The van der Waals surface area contributed by atoms with Crippen molar-refractivity contribution < 1.29 is 23.9 Å². The lowest BCUT2D eigenvalue weighted by Gasteiger charge is -2.14. The van der Waals surface area contributed by atoms with Crippen molar-refractivity contribution >= 4 is 40.6 Å². The first-order chi connectivity index (χ1) is 18.3. The quantitative estimate of drug-likeness (QED) is 0.389. The Hall–Kier alpha value is -4.55. The van der Waals surface area contributed by atoms with Gasteiger partial charge < -0.3 is 14.8 Å². The molecule has 9 heteroatoms. The Morgan fingerprint density at radius 2 is 1.87 bits per heavy atom. The van der Waals surface area contributed by atoms with Crippen LogP contribution in [0.2, 0.25) is 0 Å². The first-order valence-electron chi connectivity index (χ1n) is 11.7. The average molecular weight is 528 g/mol. The number of anilines is 1. The summed E-state index contributed by atoms with van der Waals surface area (Å²) in [5.74, 6) is -0.0964. The van der Waals surface area contributed by atoms with E-state index < -0.39 is 17.1 Å². The summed E-state index contributed by atoms with van der Waals surface area (Å²) >= 11 is 0.776. The van der Waals surface area contributed by atoms with E-state index in [2.05, 4.69) is 11.4 Å². The molecule has 192 valence electrons. The number of amides is 3. The summed E-state index contributed by atoms with van der Waals surface area (Å²) in [5, 5.41) is 11.5. The van der Waals surface area contributed by atoms with Gasteiger partial charge in [0, 0.05) is 11.3 Å². The standard InChI is InChI=1S/C29H25N3O5S/c1-18-7-6-10-23(19(18)2)31-27(33)16-32-28(34)26(38-29(32)35)14-20-11-12-24(25(13-20)36-3)37-17-22-9-5-4-8-21(22)15-30/h4-14H,16-17H2,1-3H3,(H,31,33)/b26-14-. The van der Waals surface area contributed by atoms with Crippen LogP contribution in [-0.4, -0.2) is 35.6 Å². The molecule has 0 bridgehead atoms. The number of imide groups is 1. The maximum absolute atomic E-state index is 12.9. The van der Waals surface area contributed by atoms with Crippen molar-refractivity contribution in [2.75, 3.05) is 19.0 Å². The Labute approximate surface area is 224 Å². The molecule has 0 unspecified atom stereocenters. The van der Waals surface area contributed by atoms with Crippen LogP contribution in [0.4, 0.5) is 10.5 Å². The second kappa shape index (κ2) is 11.7. The summed E-state index contributed by atoms with van der Waals surface area (Å²) in [6, 6.07) is 20.0. The minimum Gasteiger partial charge on any atom is -0.493 e. The second-order valence-corrected chi connectivity index (χ2v) is 9.52. The van der Waals surface area contributed by atoms with E-state index in [1.807, 2.05) is 38.1 Å². The summed E-state index contributed by atoms with van der Waals surface area (Å²) < 4.78 is 11.3. The zero-order valence-electron chi connectivity index (χ0n) is 21.1. The maximum Gasteiger partial charge on any atom is 0.294 e. The first kappa shape index (κ1) is 26.5. The number of thioether (sulfide) groups is 1. The Kier molecular flexibility index (Phi) is 8.14. The highest BCUT2D eigenvalue weighted by atomic mass is 32.2. The molecule has 0 saturated carbocycles. The molecule has 38 heavy (non-hydrogen) atoms. The van der Waals surface area contributed by atoms with E-state index >= 15 is 0 Å². The van der Waals surface area contributed by atoms with E-state index in [-0.39, 0.29) is 18.1 Å². The molecule has 1 saturated heterocycles. The lowest BCUT2D eigenvalue weighted by atomic mass is 10.1. The second-order valence-electron chi connectivity index (χ2n) is 8.53. The van der Waals surface area contributed by atoms with Crippen LogP contribution in [-0.2, 0) is 16.2 Å². The van der Waals surface area contributed by atoms with E-state index in [4.69, 9.17) is 9.47 Å². The molecule has 0 radical (unpaired) electrons. The third-order valence-corrected chi connectivity index (χ3v) is 6.97. The van der Waals surface area contributed by atoms with Crippen LogP contribution in [0, 0.1) is 25.2 Å². The van der Waals surface area contributed by atoms with Gasteiger partial charge in [-0.3, -0.25) is 19.3 Å². The van der Waals surface area contributed by atoms with Crippen molar-refractivity contribution in [3.63, 3.8) is 0 Å². The predicted molar refractivity (Wildman–Crippen MR) is 146 cm³/mol. The molecule has 1 N–H and O–H groups in total. The fourth-order valence-corrected chi connectivity index (χ4v) is 4.65. The van der Waals surface area contributed by atoms with Gasteiger partial charge in [0.15, 0.2) is 11.5 Å². The van der Waals surface area contributed by atoms with Gasteiger partial charge in [0.05, 0.1) is 23.6 Å². The molecule has 1 aliphatic rings. The molecular formula is C29H25N3O5S. The van der Waals surface area contributed by atoms with E-state index in [9.17, 15) is 19.6 Å². The zero-order chi connectivity index (χ0) is 27.2. The number of nitriles is 1. The van der Waals surface area contributed by atoms with Crippen molar-refractivity contribution in [1.82, 2.24) is 4.90 Å².